The highest BCUT2D eigenvalue weighted by molar-refractivity contribution is 5.14. The molecule has 0 amide bonds. The van der Waals surface area contributed by atoms with Crippen molar-refractivity contribution in [3.63, 3.8) is 0 Å². The molecule has 2 nitrogen and oxygen atoms in total. The number of hydrogen-bond donors (Lipinski definition) is 0. The summed E-state index contributed by atoms with van der Waals surface area (Å²) in [7, 11) is 0. The molecule has 0 aliphatic rings. The molecular formula is C10H18N2. The van der Waals surface area contributed by atoms with Crippen molar-refractivity contribution in [2.75, 3.05) is 0 Å². The number of hydrogen-bond acceptors (Lipinski definition) is 1. The first-order valence-electron chi connectivity index (χ1n) is 4.66. The molecule has 0 saturated heterocycles. The highest BCUT2D eigenvalue weighted by Crippen LogP contribution is 2.07. The Hall–Kier alpha value is -0.790. The molecule has 0 spiro atoms. The van der Waals surface area contributed by atoms with Gasteiger partial charge < -0.3 is 0 Å². The van der Waals surface area contributed by atoms with Gasteiger partial charge >= 0.3 is 0 Å². The molecule has 0 fully saturated rings. The molecule has 1 aromatic rings. The minimum atomic E-state index is 0.675. The van der Waals surface area contributed by atoms with Crippen molar-refractivity contribution in [1.29, 1.82) is 0 Å². The third-order valence-corrected chi connectivity index (χ3v) is 1.98. The van der Waals surface area contributed by atoms with Gasteiger partial charge in [-0.15, -0.1) is 0 Å². The lowest BCUT2D eigenvalue weighted by molar-refractivity contribution is 0.481. The molecule has 12 heavy (non-hydrogen) atoms. The first kappa shape index (κ1) is 9.30. The van der Waals surface area contributed by atoms with Gasteiger partial charge in [-0.05, 0) is 24.8 Å². The van der Waals surface area contributed by atoms with Gasteiger partial charge in [0, 0.05) is 12.7 Å². The second-order valence-corrected chi connectivity index (χ2v) is 3.71. The highest BCUT2D eigenvalue weighted by Gasteiger charge is 2.03. The Kier molecular flexibility index (Phi) is 2.90. The predicted molar refractivity (Wildman–Crippen MR) is 51.2 cm³/mol. The van der Waals surface area contributed by atoms with Crippen molar-refractivity contribution in [2.45, 2.75) is 40.7 Å². The van der Waals surface area contributed by atoms with Gasteiger partial charge in [0.15, 0.2) is 0 Å². The van der Waals surface area contributed by atoms with Crippen LogP contribution in [0.5, 0.6) is 0 Å². The average molecular weight is 166 g/mol. The van der Waals surface area contributed by atoms with Gasteiger partial charge in [-0.25, -0.2) is 0 Å². The van der Waals surface area contributed by atoms with Crippen molar-refractivity contribution in [3.05, 3.63) is 17.5 Å². The van der Waals surface area contributed by atoms with Crippen LogP contribution in [0.3, 0.4) is 0 Å². The monoisotopic (exact) mass is 166 g/mol. The van der Waals surface area contributed by atoms with E-state index >= 15 is 0 Å². The second-order valence-electron chi connectivity index (χ2n) is 3.71. The molecule has 0 saturated carbocycles. The summed E-state index contributed by atoms with van der Waals surface area (Å²) in [5.41, 5.74) is 2.55. The van der Waals surface area contributed by atoms with E-state index < -0.39 is 0 Å². The molecule has 0 unspecified atom stereocenters. The maximum absolute atomic E-state index is 4.44. The summed E-state index contributed by atoms with van der Waals surface area (Å²) in [6.07, 6.45) is 3.25. The molecule has 0 atom stereocenters. The van der Waals surface area contributed by atoms with Crippen LogP contribution in [-0.4, -0.2) is 9.78 Å². The SMILES string of the molecule is CCc1cn(CC(C)C)nc1C. The summed E-state index contributed by atoms with van der Waals surface area (Å²) in [4.78, 5) is 0. The van der Waals surface area contributed by atoms with Crippen LogP contribution in [0, 0.1) is 12.8 Å². The Morgan fingerprint density at radius 3 is 2.58 bits per heavy atom. The van der Waals surface area contributed by atoms with Gasteiger partial charge in [0.2, 0.25) is 0 Å². The Balaban J connectivity index is 2.75. The summed E-state index contributed by atoms with van der Waals surface area (Å²) >= 11 is 0. The second kappa shape index (κ2) is 3.74. The fourth-order valence-electron chi connectivity index (χ4n) is 1.37. The van der Waals surface area contributed by atoms with E-state index in [1.54, 1.807) is 0 Å². The molecule has 0 N–H and O–H groups in total. The molecule has 0 bridgehead atoms. The minimum absolute atomic E-state index is 0.675. The Morgan fingerprint density at radius 1 is 1.50 bits per heavy atom. The van der Waals surface area contributed by atoms with Gasteiger partial charge in [-0.3, -0.25) is 4.68 Å². The molecule has 1 rings (SSSR count). The third-order valence-electron chi connectivity index (χ3n) is 1.98. The molecule has 1 heterocycles. The van der Waals surface area contributed by atoms with Crippen LogP contribution < -0.4 is 0 Å². The fourth-order valence-corrected chi connectivity index (χ4v) is 1.37. The van der Waals surface area contributed by atoms with E-state index in [-0.39, 0.29) is 0 Å². The van der Waals surface area contributed by atoms with Crippen molar-refractivity contribution < 1.29 is 0 Å². The lowest BCUT2D eigenvalue weighted by Crippen LogP contribution is -2.04. The van der Waals surface area contributed by atoms with Crippen LogP contribution in [0.15, 0.2) is 6.20 Å². The van der Waals surface area contributed by atoms with Gasteiger partial charge in [0.1, 0.15) is 0 Å². The van der Waals surface area contributed by atoms with Crippen molar-refractivity contribution in [3.8, 4) is 0 Å². The van der Waals surface area contributed by atoms with Crippen LogP contribution in [-0.2, 0) is 13.0 Å². The molecule has 1 aromatic heterocycles. The first-order valence-corrected chi connectivity index (χ1v) is 4.66. The lowest BCUT2D eigenvalue weighted by Gasteiger charge is -2.03. The highest BCUT2D eigenvalue weighted by atomic mass is 15.3. The van der Waals surface area contributed by atoms with E-state index in [1.807, 2.05) is 0 Å². The maximum Gasteiger partial charge on any atom is 0.0625 e. The summed E-state index contributed by atoms with van der Waals surface area (Å²) in [6.45, 7) is 9.70. The Bertz CT molecular complexity index is 248. The van der Waals surface area contributed by atoms with Gasteiger partial charge in [-0.2, -0.15) is 5.10 Å². The smallest absolute Gasteiger partial charge is 0.0625 e. The Labute approximate surface area is 74.6 Å². The zero-order valence-electron chi connectivity index (χ0n) is 8.46. The molecule has 0 aliphatic carbocycles. The van der Waals surface area contributed by atoms with Crippen LogP contribution in [0.4, 0.5) is 0 Å². The standard InChI is InChI=1S/C10H18N2/c1-5-10-7-12(6-8(2)3)11-9(10)4/h7-8H,5-6H2,1-4H3. The zero-order chi connectivity index (χ0) is 9.14. The van der Waals surface area contributed by atoms with E-state index in [0.29, 0.717) is 5.92 Å². The van der Waals surface area contributed by atoms with E-state index in [0.717, 1.165) is 13.0 Å². The number of nitrogens with zero attached hydrogens (tertiary/aromatic N) is 2. The summed E-state index contributed by atoms with van der Waals surface area (Å²) in [6, 6.07) is 0. The van der Waals surface area contributed by atoms with Crippen LogP contribution in [0.2, 0.25) is 0 Å². The van der Waals surface area contributed by atoms with Crippen LogP contribution in [0.25, 0.3) is 0 Å². The first-order chi connectivity index (χ1) is 5.63. The lowest BCUT2D eigenvalue weighted by atomic mass is 10.2. The Morgan fingerprint density at radius 2 is 2.17 bits per heavy atom. The van der Waals surface area contributed by atoms with E-state index in [9.17, 15) is 0 Å². The van der Waals surface area contributed by atoms with Crippen molar-refractivity contribution >= 4 is 0 Å². The molecular weight excluding hydrogens is 148 g/mol. The number of aromatic nitrogens is 2. The normalized spacial score (nSPS) is 11.1. The average Bonchev–Trinajstić information content (AvgIpc) is 2.29. The molecule has 0 aliphatic heterocycles. The number of rotatable bonds is 3. The summed E-state index contributed by atoms with van der Waals surface area (Å²) in [5, 5.41) is 4.44. The third kappa shape index (κ3) is 2.10. The van der Waals surface area contributed by atoms with Gasteiger partial charge in [-0.1, -0.05) is 20.8 Å². The molecule has 0 aromatic carbocycles. The van der Waals surface area contributed by atoms with Gasteiger partial charge in [0.05, 0.1) is 5.69 Å². The van der Waals surface area contributed by atoms with Crippen molar-refractivity contribution in [2.24, 2.45) is 5.92 Å². The predicted octanol–water partition coefficient (Wildman–Crippen LogP) is 2.41. The van der Waals surface area contributed by atoms with E-state index in [4.69, 9.17) is 0 Å². The summed E-state index contributed by atoms with van der Waals surface area (Å²) in [5.74, 6) is 0.675. The minimum Gasteiger partial charge on any atom is -0.272 e. The zero-order valence-corrected chi connectivity index (χ0v) is 8.46. The fraction of sp³-hybridized carbons (Fsp3) is 0.700. The van der Waals surface area contributed by atoms with Crippen molar-refractivity contribution in [1.82, 2.24) is 9.78 Å². The van der Waals surface area contributed by atoms with E-state index in [2.05, 4.69) is 43.7 Å². The largest absolute Gasteiger partial charge is 0.272 e. The molecule has 0 radical (unpaired) electrons. The van der Waals surface area contributed by atoms with Crippen LogP contribution in [0.1, 0.15) is 32.0 Å². The quantitative estimate of drug-likeness (QED) is 0.674. The molecule has 2 heteroatoms. The topological polar surface area (TPSA) is 17.8 Å². The number of aryl methyl sites for hydroxylation is 2. The maximum atomic E-state index is 4.44. The summed E-state index contributed by atoms with van der Waals surface area (Å²) < 4.78 is 2.05. The van der Waals surface area contributed by atoms with Gasteiger partial charge in [0.25, 0.3) is 0 Å². The molecule has 68 valence electrons. The van der Waals surface area contributed by atoms with E-state index in [1.165, 1.54) is 11.3 Å². The van der Waals surface area contributed by atoms with Crippen LogP contribution >= 0.6 is 0 Å².